The fourth-order valence-electron chi connectivity index (χ4n) is 1.10. The number of fused-ring (bicyclic) bond motifs is 1. The van der Waals surface area contributed by atoms with E-state index in [1.165, 1.54) is 0 Å². The lowest BCUT2D eigenvalue weighted by Crippen LogP contribution is -1.79. The minimum atomic E-state index is 0.655. The maximum absolute atomic E-state index is 8.75. The third-order valence-electron chi connectivity index (χ3n) is 1.64. The van der Waals surface area contributed by atoms with Crippen LogP contribution in [-0.2, 0) is 0 Å². The monoisotopic (exact) mass is 269 g/mol. The summed E-state index contributed by atoms with van der Waals surface area (Å²) in [5.41, 5.74) is 1.43. The molecule has 4 heteroatoms. The first-order valence-corrected chi connectivity index (χ1v) is 4.42. The third kappa shape index (κ3) is 0.975. The van der Waals surface area contributed by atoms with Crippen LogP contribution in [0.2, 0.25) is 0 Å². The molecule has 0 atom stereocenters. The largest absolute Gasteiger partial charge is 0.345 e. The van der Waals surface area contributed by atoms with Gasteiger partial charge in [-0.15, -0.1) is 0 Å². The average Bonchev–Trinajstić information content (AvgIpc) is 2.49. The number of hydrogen-bond donors (Lipinski definition) is 1. The lowest BCUT2D eigenvalue weighted by Gasteiger charge is -1.91. The number of nitrogens with zero attached hydrogens (tertiary/aromatic N) is 2. The number of aromatic nitrogens is 2. The standard InChI is InChI=1S/C8H4IN3/c9-6-1-2-11-8-7(6)5(3-10)4-12-8/h1-2,4H,(H,11,12). The van der Waals surface area contributed by atoms with Crippen molar-refractivity contribution in [3.05, 3.63) is 27.6 Å². The number of nitriles is 1. The van der Waals surface area contributed by atoms with Gasteiger partial charge in [-0.1, -0.05) is 0 Å². The second kappa shape index (κ2) is 2.75. The zero-order valence-corrected chi connectivity index (χ0v) is 8.16. The van der Waals surface area contributed by atoms with Gasteiger partial charge >= 0.3 is 0 Å². The average molecular weight is 269 g/mol. The van der Waals surface area contributed by atoms with Crippen molar-refractivity contribution >= 4 is 33.6 Å². The summed E-state index contributed by atoms with van der Waals surface area (Å²) in [7, 11) is 0. The molecule has 0 amide bonds. The Balaban J connectivity index is 2.95. The molecule has 0 bridgehead atoms. The second-order valence-corrected chi connectivity index (χ2v) is 3.49. The summed E-state index contributed by atoms with van der Waals surface area (Å²) < 4.78 is 1.05. The molecule has 0 unspecified atom stereocenters. The molecule has 0 aromatic carbocycles. The molecule has 2 heterocycles. The Morgan fingerprint density at radius 1 is 1.58 bits per heavy atom. The van der Waals surface area contributed by atoms with Crippen molar-refractivity contribution in [1.82, 2.24) is 9.97 Å². The molecule has 0 saturated carbocycles. The number of hydrogen-bond acceptors (Lipinski definition) is 2. The Kier molecular flexibility index (Phi) is 1.73. The van der Waals surface area contributed by atoms with E-state index >= 15 is 0 Å². The SMILES string of the molecule is N#Cc1c[nH]c2nccc(I)c12. The Labute approximate surface area is 82.6 Å². The molecule has 2 aromatic heterocycles. The lowest BCUT2D eigenvalue weighted by atomic mass is 10.2. The summed E-state index contributed by atoms with van der Waals surface area (Å²) in [5, 5.41) is 9.67. The van der Waals surface area contributed by atoms with Crippen LogP contribution in [0.15, 0.2) is 18.5 Å². The summed E-state index contributed by atoms with van der Waals surface area (Å²) in [4.78, 5) is 7.04. The van der Waals surface area contributed by atoms with Crippen molar-refractivity contribution in [2.75, 3.05) is 0 Å². The Morgan fingerprint density at radius 2 is 2.42 bits per heavy atom. The first-order chi connectivity index (χ1) is 5.83. The molecule has 2 aromatic rings. The van der Waals surface area contributed by atoms with Crippen LogP contribution in [0, 0.1) is 14.9 Å². The van der Waals surface area contributed by atoms with Crippen molar-refractivity contribution in [3.63, 3.8) is 0 Å². The quantitative estimate of drug-likeness (QED) is 0.744. The van der Waals surface area contributed by atoms with Gasteiger partial charge in [0.2, 0.25) is 0 Å². The van der Waals surface area contributed by atoms with Gasteiger partial charge in [0.25, 0.3) is 0 Å². The summed E-state index contributed by atoms with van der Waals surface area (Å²) in [6.45, 7) is 0. The first kappa shape index (κ1) is 7.55. The van der Waals surface area contributed by atoms with Crippen molar-refractivity contribution in [2.24, 2.45) is 0 Å². The van der Waals surface area contributed by atoms with Crippen molar-refractivity contribution in [1.29, 1.82) is 5.26 Å². The van der Waals surface area contributed by atoms with Crippen LogP contribution in [-0.4, -0.2) is 9.97 Å². The smallest absolute Gasteiger partial charge is 0.139 e. The van der Waals surface area contributed by atoms with E-state index in [9.17, 15) is 0 Å². The molecule has 0 aliphatic heterocycles. The predicted octanol–water partition coefficient (Wildman–Crippen LogP) is 2.04. The van der Waals surface area contributed by atoms with E-state index in [0.29, 0.717) is 5.56 Å². The van der Waals surface area contributed by atoms with Gasteiger partial charge in [0.05, 0.1) is 5.56 Å². The van der Waals surface area contributed by atoms with Gasteiger partial charge in [-0.3, -0.25) is 0 Å². The molecule has 1 N–H and O–H groups in total. The maximum atomic E-state index is 8.75. The fourth-order valence-corrected chi connectivity index (χ4v) is 1.81. The van der Waals surface area contributed by atoms with Gasteiger partial charge < -0.3 is 4.98 Å². The highest BCUT2D eigenvalue weighted by Crippen LogP contribution is 2.21. The molecule has 3 nitrogen and oxygen atoms in total. The van der Waals surface area contributed by atoms with Gasteiger partial charge in [-0.05, 0) is 28.7 Å². The van der Waals surface area contributed by atoms with Crippen molar-refractivity contribution < 1.29 is 0 Å². The van der Waals surface area contributed by atoms with E-state index in [1.807, 2.05) is 6.07 Å². The van der Waals surface area contributed by atoms with E-state index in [2.05, 4.69) is 38.6 Å². The van der Waals surface area contributed by atoms with Gasteiger partial charge in [0, 0.05) is 21.4 Å². The van der Waals surface area contributed by atoms with Crippen LogP contribution in [0.4, 0.5) is 0 Å². The molecule has 0 aliphatic rings. The highest BCUT2D eigenvalue weighted by molar-refractivity contribution is 14.1. The zero-order chi connectivity index (χ0) is 8.55. The Morgan fingerprint density at radius 3 is 3.17 bits per heavy atom. The predicted molar refractivity (Wildman–Crippen MR) is 53.5 cm³/mol. The maximum Gasteiger partial charge on any atom is 0.139 e. The highest BCUT2D eigenvalue weighted by Gasteiger charge is 2.05. The Bertz CT molecular complexity index is 467. The number of aromatic amines is 1. The van der Waals surface area contributed by atoms with Crippen LogP contribution in [0.25, 0.3) is 11.0 Å². The number of rotatable bonds is 0. The second-order valence-electron chi connectivity index (χ2n) is 2.33. The molecule has 0 saturated heterocycles. The number of H-pyrrole nitrogens is 1. The number of pyridine rings is 1. The van der Waals surface area contributed by atoms with Crippen LogP contribution in [0.3, 0.4) is 0 Å². The Hall–Kier alpha value is -1.09. The van der Waals surface area contributed by atoms with Gasteiger partial charge in [-0.2, -0.15) is 5.26 Å². The highest BCUT2D eigenvalue weighted by atomic mass is 127. The normalized spacial score (nSPS) is 10.0. The van der Waals surface area contributed by atoms with E-state index in [-0.39, 0.29) is 0 Å². The van der Waals surface area contributed by atoms with Gasteiger partial charge in [-0.25, -0.2) is 4.98 Å². The van der Waals surface area contributed by atoms with E-state index in [1.54, 1.807) is 12.4 Å². The minimum absolute atomic E-state index is 0.655. The fraction of sp³-hybridized carbons (Fsp3) is 0. The van der Waals surface area contributed by atoms with Crippen molar-refractivity contribution in [2.45, 2.75) is 0 Å². The van der Waals surface area contributed by atoms with Crippen LogP contribution < -0.4 is 0 Å². The molecule has 0 aliphatic carbocycles. The molecule has 0 fully saturated rings. The van der Waals surface area contributed by atoms with Crippen LogP contribution in [0.1, 0.15) is 5.56 Å². The summed E-state index contributed by atoms with van der Waals surface area (Å²) in [6, 6.07) is 4.00. The van der Waals surface area contributed by atoms with E-state index in [4.69, 9.17) is 5.26 Å². The van der Waals surface area contributed by atoms with Gasteiger partial charge in [0.15, 0.2) is 0 Å². The van der Waals surface area contributed by atoms with Crippen LogP contribution >= 0.6 is 22.6 Å². The van der Waals surface area contributed by atoms with Gasteiger partial charge in [0.1, 0.15) is 11.7 Å². The molecule has 0 spiro atoms. The summed E-state index contributed by atoms with van der Waals surface area (Å²) >= 11 is 2.19. The summed E-state index contributed by atoms with van der Waals surface area (Å²) in [6.07, 6.45) is 3.40. The van der Waals surface area contributed by atoms with E-state index in [0.717, 1.165) is 14.6 Å². The molecule has 12 heavy (non-hydrogen) atoms. The minimum Gasteiger partial charge on any atom is -0.345 e. The number of nitrogens with one attached hydrogen (secondary N) is 1. The molecule has 0 radical (unpaired) electrons. The molecule has 2 rings (SSSR count). The van der Waals surface area contributed by atoms with E-state index < -0.39 is 0 Å². The molecular weight excluding hydrogens is 265 g/mol. The first-order valence-electron chi connectivity index (χ1n) is 3.34. The third-order valence-corrected chi connectivity index (χ3v) is 2.54. The number of halogens is 1. The zero-order valence-electron chi connectivity index (χ0n) is 6.00. The van der Waals surface area contributed by atoms with Crippen molar-refractivity contribution in [3.8, 4) is 6.07 Å². The summed E-state index contributed by atoms with van der Waals surface area (Å²) in [5.74, 6) is 0. The molecular formula is C8H4IN3. The topological polar surface area (TPSA) is 52.5 Å². The molecule has 58 valence electrons. The lowest BCUT2D eigenvalue weighted by molar-refractivity contribution is 1.32. The van der Waals surface area contributed by atoms with Crippen LogP contribution in [0.5, 0.6) is 0 Å².